The lowest BCUT2D eigenvalue weighted by Crippen LogP contribution is -2.56. The molecular weight excluding hydrogens is 272 g/mol. The number of hydrogen-bond acceptors (Lipinski definition) is 3. The quantitative estimate of drug-likeness (QED) is 0.927. The first-order valence-corrected chi connectivity index (χ1v) is 7.82. The van der Waals surface area contributed by atoms with E-state index < -0.39 is 11.6 Å². The molecule has 1 aromatic rings. The van der Waals surface area contributed by atoms with Crippen LogP contribution in [0, 0.1) is 11.6 Å². The average molecular weight is 295 g/mol. The summed E-state index contributed by atoms with van der Waals surface area (Å²) in [6.45, 7) is 4.25. The molecule has 2 unspecified atom stereocenters. The number of nitrogens with zero attached hydrogens (tertiary/aromatic N) is 2. The average Bonchev–Trinajstić information content (AvgIpc) is 2.52. The van der Waals surface area contributed by atoms with Crippen LogP contribution in [0.5, 0.6) is 0 Å². The minimum absolute atomic E-state index is 0.232. The van der Waals surface area contributed by atoms with Crippen molar-refractivity contribution in [1.82, 2.24) is 9.80 Å². The summed E-state index contributed by atoms with van der Waals surface area (Å²) in [4.78, 5) is 4.75. The van der Waals surface area contributed by atoms with Gasteiger partial charge in [-0.05, 0) is 25.5 Å². The fraction of sp³-hybridized carbons (Fsp3) is 0.625. The zero-order valence-electron chi connectivity index (χ0n) is 12.3. The molecule has 0 amide bonds. The van der Waals surface area contributed by atoms with Crippen molar-refractivity contribution in [2.75, 3.05) is 32.7 Å². The first kappa shape index (κ1) is 14.9. The van der Waals surface area contributed by atoms with E-state index in [0.29, 0.717) is 18.2 Å². The maximum Gasteiger partial charge on any atom is 0.163 e. The van der Waals surface area contributed by atoms with Gasteiger partial charge in [-0.2, -0.15) is 0 Å². The van der Waals surface area contributed by atoms with Gasteiger partial charge in [0.2, 0.25) is 0 Å². The zero-order valence-corrected chi connectivity index (χ0v) is 12.3. The smallest absolute Gasteiger partial charge is 0.163 e. The van der Waals surface area contributed by atoms with Gasteiger partial charge in [0, 0.05) is 37.8 Å². The van der Waals surface area contributed by atoms with E-state index >= 15 is 0 Å². The van der Waals surface area contributed by atoms with Crippen molar-refractivity contribution >= 4 is 0 Å². The predicted molar refractivity (Wildman–Crippen MR) is 78.9 cm³/mol. The SMILES string of the molecule is NCC(c1cccc(F)c1F)N1CCN2CCCCC2C1. The largest absolute Gasteiger partial charge is 0.329 e. The van der Waals surface area contributed by atoms with Gasteiger partial charge in [-0.3, -0.25) is 9.80 Å². The van der Waals surface area contributed by atoms with Crippen molar-refractivity contribution in [3.8, 4) is 0 Å². The molecule has 2 aliphatic heterocycles. The van der Waals surface area contributed by atoms with E-state index in [4.69, 9.17) is 5.73 Å². The van der Waals surface area contributed by atoms with Crippen LogP contribution in [0.1, 0.15) is 30.9 Å². The molecule has 0 radical (unpaired) electrons. The molecule has 0 aliphatic carbocycles. The van der Waals surface area contributed by atoms with Crippen molar-refractivity contribution in [2.45, 2.75) is 31.3 Å². The van der Waals surface area contributed by atoms with Gasteiger partial charge in [0.15, 0.2) is 11.6 Å². The zero-order chi connectivity index (χ0) is 14.8. The van der Waals surface area contributed by atoms with Crippen LogP contribution in [0.3, 0.4) is 0 Å². The Balaban J connectivity index is 1.78. The Morgan fingerprint density at radius 2 is 2.05 bits per heavy atom. The summed E-state index contributed by atoms with van der Waals surface area (Å²) in [7, 11) is 0. The second-order valence-electron chi connectivity index (χ2n) is 6.08. The summed E-state index contributed by atoms with van der Waals surface area (Å²) >= 11 is 0. The monoisotopic (exact) mass is 295 g/mol. The number of piperazine rings is 1. The molecule has 5 heteroatoms. The molecule has 116 valence electrons. The third-order valence-corrected chi connectivity index (χ3v) is 4.87. The third-order valence-electron chi connectivity index (χ3n) is 4.87. The number of nitrogens with two attached hydrogens (primary N) is 1. The normalized spacial score (nSPS) is 25.6. The number of halogens is 2. The van der Waals surface area contributed by atoms with Crippen molar-refractivity contribution in [3.05, 3.63) is 35.4 Å². The summed E-state index contributed by atoms with van der Waals surface area (Å²) in [5.74, 6) is -1.54. The maximum absolute atomic E-state index is 14.1. The molecule has 3 nitrogen and oxygen atoms in total. The molecule has 3 rings (SSSR count). The summed E-state index contributed by atoms with van der Waals surface area (Å²) in [5, 5.41) is 0. The minimum atomic E-state index is -0.790. The summed E-state index contributed by atoms with van der Waals surface area (Å²) in [5.41, 5.74) is 6.27. The minimum Gasteiger partial charge on any atom is -0.329 e. The highest BCUT2D eigenvalue weighted by molar-refractivity contribution is 5.23. The molecule has 0 bridgehead atoms. The topological polar surface area (TPSA) is 32.5 Å². The highest BCUT2D eigenvalue weighted by atomic mass is 19.2. The molecule has 21 heavy (non-hydrogen) atoms. The molecule has 0 saturated carbocycles. The Morgan fingerprint density at radius 3 is 2.86 bits per heavy atom. The molecule has 2 atom stereocenters. The van der Waals surface area contributed by atoms with Crippen molar-refractivity contribution < 1.29 is 8.78 Å². The van der Waals surface area contributed by atoms with Crippen LogP contribution in [0.4, 0.5) is 8.78 Å². The molecular formula is C16H23F2N3. The molecule has 2 aliphatic rings. The van der Waals surface area contributed by atoms with Gasteiger partial charge in [0.25, 0.3) is 0 Å². The van der Waals surface area contributed by atoms with Gasteiger partial charge in [-0.1, -0.05) is 18.6 Å². The summed E-state index contributed by atoms with van der Waals surface area (Å²) < 4.78 is 27.5. The lowest BCUT2D eigenvalue weighted by molar-refractivity contribution is 0.0277. The number of fused-ring (bicyclic) bond motifs is 1. The predicted octanol–water partition coefficient (Wildman–Crippen LogP) is 2.13. The first-order chi connectivity index (χ1) is 10.2. The van der Waals surface area contributed by atoms with E-state index in [1.54, 1.807) is 12.1 Å². The molecule has 2 N–H and O–H groups in total. The summed E-state index contributed by atoms with van der Waals surface area (Å²) in [6.07, 6.45) is 3.73. The lowest BCUT2D eigenvalue weighted by atomic mass is 9.96. The number of rotatable bonds is 3. The Hall–Kier alpha value is -1.04. The standard InChI is InChI=1S/C16H23F2N3/c17-14-6-3-5-13(16(14)18)15(10-19)21-9-8-20-7-2-1-4-12(20)11-21/h3,5-6,12,15H,1-2,4,7-11,19H2. The fourth-order valence-corrected chi connectivity index (χ4v) is 3.71. The second kappa shape index (κ2) is 6.38. The Kier molecular flexibility index (Phi) is 4.52. The van der Waals surface area contributed by atoms with Crippen LogP contribution < -0.4 is 5.73 Å². The van der Waals surface area contributed by atoms with E-state index in [1.165, 1.54) is 25.8 Å². The number of benzene rings is 1. The third kappa shape index (κ3) is 2.96. The van der Waals surface area contributed by atoms with Gasteiger partial charge < -0.3 is 5.73 Å². The molecule has 2 saturated heterocycles. The number of piperidine rings is 1. The Bertz CT molecular complexity index is 494. The van der Waals surface area contributed by atoms with Crippen molar-refractivity contribution in [2.24, 2.45) is 5.73 Å². The fourth-order valence-electron chi connectivity index (χ4n) is 3.71. The van der Waals surface area contributed by atoms with E-state index in [2.05, 4.69) is 9.80 Å². The lowest BCUT2D eigenvalue weighted by Gasteiger charge is -2.46. The van der Waals surface area contributed by atoms with Gasteiger partial charge in [-0.15, -0.1) is 0 Å². The number of hydrogen-bond donors (Lipinski definition) is 1. The van der Waals surface area contributed by atoms with Gasteiger partial charge in [0.05, 0.1) is 6.04 Å². The molecule has 2 heterocycles. The van der Waals surface area contributed by atoms with Gasteiger partial charge in [0.1, 0.15) is 0 Å². The van der Waals surface area contributed by atoms with E-state index in [-0.39, 0.29) is 6.04 Å². The van der Waals surface area contributed by atoms with Crippen LogP contribution >= 0.6 is 0 Å². The van der Waals surface area contributed by atoms with Crippen LogP contribution in [-0.2, 0) is 0 Å². The van der Waals surface area contributed by atoms with Crippen LogP contribution in [0.15, 0.2) is 18.2 Å². The van der Waals surface area contributed by atoms with Crippen molar-refractivity contribution in [3.63, 3.8) is 0 Å². The van der Waals surface area contributed by atoms with Crippen LogP contribution in [0.25, 0.3) is 0 Å². The highest BCUT2D eigenvalue weighted by Crippen LogP contribution is 2.29. The van der Waals surface area contributed by atoms with Crippen LogP contribution in [-0.4, -0.2) is 48.6 Å². The second-order valence-corrected chi connectivity index (χ2v) is 6.08. The Labute approximate surface area is 124 Å². The van der Waals surface area contributed by atoms with Crippen molar-refractivity contribution in [1.29, 1.82) is 0 Å². The highest BCUT2D eigenvalue weighted by Gasteiger charge is 2.33. The van der Waals surface area contributed by atoms with E-state index in [9.17, 15) is 8.78 Å². The van der Waals surface area contributed by atoms with Gasteiger partial charge in [-0.25, -0.2) is 8.78 Å². The van der Waals surface area contributed by atoms with Crippen LogP contribution in [0.2, 0.25) is 0 Å². The van der Waals surface area contributed by atoms with E-state index in [1.807, 2.05) is 0 Å². The molecule has 2 fully saturated rings. The Morgan fingerprint density at radius 1 is 1.19 bits per heavy atom. The maximum atomic E-state index is 14.1. The summed E-state index contributed by atoms with van der Waals surface area (Å²) in [6, 6.07) is 4.69. The first-order valence-electron chi connectivity index (χ1n) is 7.82. The van der Waals surface area contributed by atoms with Gasteiger partial charge >= 0.3 is 0 Å². The molecule has 0 aromatic heterocycles. The van der Waals surface area contributed by atoms with E-state index in [0.717, 1.165) is 25.7 Å². The molecule has 0 spiro atoms. The molecule has 1 aromatic carbocycles.